The molecule has 1 aromatic carbocycles. The number of aryl methyl sites for hydroxylation is 2. The molecule has 6 nitrogen and oxygen atoms in total. The minimum absolute atomic E-state index is 0.0806. The van der Waals surface area contributed by atoms with Gasteiger partial charge in [-0.1, -0.05) is 30.3 Å². The highest BCUT2D eigenvalue weighted by atomic mass is 32.1. The Morgan fingerprint density at radius 2 is 2.00 bits per heavy atom. The van der Waals surface area contributed by atoms with Gasteiger partial charge in [0, 0.05) is 18.3 Å². The highest BCUT2D eigenvalue weighted by molar-refractivity contribution is 7.13. The van der Waals surface area contributed by atoms with Crippen LogP contribution in [-0.4, -0.2) is 23.7 Å². The summed E-state index contributed by atoms with van der Waals surface area (Å²) in [4.78, 5) is 17.2. The van der Waals surface area contributed by atoms with Gasteiger partial charge in [0.25, 0.3) is 5.56 Å². The second-order valence-electron chi connectivity index (χ2n) is 5.65. The van der Waals surface area contributed by atoms with Crippen molar-refractivity contribution in [1.82, 2.24) is 23.7 Å². The molecule has 0 saturated carbocycles. The summed E-state index contributed by atoms with van der Waals surface area (Å²) in [7, 11) is 1.89. The summed E-state index contributed by atoms with van der Waals surface area (Å²) in [6.07, 6.45) is 1.58. The largest absolute Gasteiger partial charge is 0.292 e. The van der Waals surface area contributed by atoms with Crippen LogP contribution in [0.1, 0.15) is 11.4 Å². The van der Waals surface area contributed by atoms with Crippen LogP contribution in [0.2, 0.25) is 0 Å². The molecule has 0 aliphatic heterocycles. The monoisotopic (exact) mass is 337 g/mol. The summed E-state index contributed by atoms with van der Waals surface area (Å²) in [5.74, 6) is 0. The molecule has 0 fully saturated rings. The van der Waals surface area contributed by atoms with E-state index in [4.69, 9.17) is 0 Å². The highest BCUT2D eigenvalue weighted by Crippen LogP contribution is 2.26. The lowest BCUT2D eigenvalue weighted by atomic mass is 10.1. The fraction of sp³-hybridized carbons (Fsp3) is 0.176. The third-order valence-electron chi connectivity index (χ3n) is 3.99. The van der Waals surface area contributed by atoms with Crippen LogP contribution in [-0.2, 0) is 13.6 Å². The van der Waals surface area contributed by atoms with Gasteiger partial charge in [0.1, 0.15) is 15.9 Å². The third-order valence-corrected chi connectivity index (χ3v) is 4.82. The van der Waals surface area contributed by atoms with E-state index in [1.165, 1.54) is 11.5 Å². The van der Waals surface area contributed by atoms with Crippen molar-refractivity contribution in [3.8, 4) is 11.3 Å². The average molecular weight is 337 g/mol. The van der Waals surface area contributed by atoms with E-state index in [0.29, 0.717) is 16.8 Å². The van der Waals surface area contributed by atoms with Crippen LogP contribution in [0.15, 0.2) is 47.5 Å². The molecule has 7 heteroatoms. The Labute approximate surface area is 142 Å². The molecule has 0 atom stereocenters. The van der Waals surface area contributed by atoms with Gasteiger partial charge in [0.05, 0.1) is 18.6 Å². The summed E-state index contributed by atoms with van der Waals surface area (Å²) >= 11 is 1.20. The van der Waals surface area contributed by atoms with Gasteiger partial charge in [-0.25, -0.2) is 4.98 Å². The zero-order chi connectivity index (χ0) is 16.7. The fourth-order valence-electron chi connectivity index (χ4n) is 2.64. The topological polar surface area (TPSA) is 65.6 Å². The van der Waals surface area contributed by atoms with Gasteiger partial charge in [0.2, 0.25) is 0 Å². The first-order valence-electron chi connectivity index (χ1n) is 7.53. The van der Waals surface area contributed by atoms with Crippen LogP contribution in [0.5, 0.6) is 0 Å². The van der Waals surface area contributed by atoms with Crippen molar-refractivity contribution >= 4 is 21.7 Å². The molecule has 0 unspecified atom stereocenters. The van der Waals surface area contributed by atoms with Crippen molar-refractivity contribution in [3.63, 3.8) is 0 Å². The number of aromatic nitrogens is 5. The lowest BCUT2D eigenvalue weighted by Crippen LogP contribution is -2.20. The Morgan fingerprint density at radius 1 is 1.21 bits per heavy atom. The van der Waals surface area contributed by atoms with Crippen molar-refractivity contribution in [2.75, 3.05) is 0 Å². The summed E-state index contributed by atoms with van der Waals surface area (Å²) in [5.41, 5.74) is 4.19. The van der Waals surface area contributed by atoms with Crippen LogP contribution in [0.3, 0.4) is 0 Å². The van der Waals surface area contributed by atoms with Crippen molar-refractivity contribution < 1.29 is 0 Å². The highest BCUT2D eigenvalue weighted by Gasteiger charge is 2.14. The van der Waals surface area contributed by atoms with E-state index in [2.05, 4.69) is 14.5 Å². The molecule has 3 aromatic heterocycles. The maximum atomic E-state index is 12.7. The van der Waals surface area contributed by atoms with Crippen molar-refractivity contribution in [2.24, 2.45) is 7.05 Å². The SMILES string of the molecule is Cc1cc(Cn2cnc3c(-c4ccccc4)nsc3c2=O)nn1C. The van der Waals surface area contributed by atoms with Crippen LogP contribution in [0.4, 0.5) is 0 Å². The molecule has 0 N–H and O–H groups in total. The van der Waals surface area contributed by atoms with E-state index in [-0.39, 0.29) is 5.56 Å². The average Bonchev–Trinajstić information content (AvgIpc) is 3.15. The van der Waals surface area contributed by atoms with Gasteiger partial charge in [-0.05, 0) is 24.5 Å². The molecule has 0 amide bonds. The predicted molar refractivity (Wildman–Crippen MR) is 94.2 cm³/mol. The zero-order valence-corrected chi connectivity index (χ0v) is 14.1. The molecule has 0 aliphatic carbocycles. The Hall–Kier alpha value is -2.80. The van der Waals surface area contributed by atoms with Crippen LogP contribution in [0.25, 0.3) is 21.5 Å². The van der Waals surface area contributed by atoms with Gasteiger partial charge < -0.3 is 0 Å². The minimum Gasteiger partial charge on any atom is -0.292 e. The Balaban J connectivity index is 1.78. The third kappa shape index (κ3) is 2.43. The molecular formula is C17H15N5OS. The quantitative estimate of drug-likeness (QED) is 0.576. The minimum atomic E-state index is -0.0806. The van der Waals surface area contributed by atoms with E-state index in [1.807, 2.05) is 50.4 Å². The van der Waals surface area contributed by atoms with Crippen LogP contribution >= 0.6 is 11.5 Å². The number of nitrogens with zero attached hydrogens (tertiary/aromatic N) is 5. The summed E-state index contributed by atoms with van der Waals surface area (Å²) in [6, 6.07) is 11.8. The van der Waals surface area contributed by atoms with E-state index in [1.54, 1.807) is 15.6 Å². The number of rotatable bonds is 3. The number of hydrogen-bond donors (Lipinski definition) is 0. The fourth-order valence-corrected chi connectivity index (χ4v) is 3.45. The van der Waals surface area contributed by atoms with E-state index in [0.717, 1.165) is 22.6 Å². The molecule has 3 heterocycles. The van der Waals surface area contributed by atoms with Crippen LogP contribution in [0, 0.1) is 6.92 Å². The van der Waals surface area contributed by atoms with E-state index >= 15 is 0 Å². The van der Waals surface area contributed by atoms with Crippen molar-refractivity contribution in [2.45, 2.75) is 13.5 Å². The smallest absolute Gasteiger partial charge is 0.273 e. The Bertz CT molecular complexity index is 1060. The molecule has 0 spiro atoms. The van der Waals surface area contributed by atoms with Crippen molar-refractivity contribution in [1.29, 1.82) is 0 Å². The molecule has 0 aliphatic rings. The molecule has 0 bridgehead atoms. The normalized spacial score (nSPS) is 11.2. The summed E-state index contributed by atoms with van der Waals surface area (Å²) in [6.45, 7) is 2.39. The first-order chi connectivity index (χ1) is 11.6. The molecular weight excluding hydrogens is 322 g/mol. The second-order valence-corrected chi connectivity index (χ2v) is 6.43. The number of benzene rings is 1. The molecule has 4 aromatic rings. The van der Waals surface area contributed by atoms with Gasteiger partial charge in [-0.3, -0.25) is 14.0 Å². The molecule has 4 rings (SSSR count). The van der Waals surface area contributed by atoms with Crippen molar-refractivity contribution in [3.05, 3.63) is 64.5 Å². The predicted octanol–water partition coefficient (Wildman–Crippen LogP) is 2.61. The first kappa shape index (κ1) is 14.8. The van der Waals surface area contributed by atoms with Gasteiger partial charge >= 0.3 is 0 Å². The molecule has 0 saturated heterocycles. The van der Waals surface area contributed by atoms with E-state index < -0.39 is 0 Å². The van der Waals surface area contributed by atoms with Gasteiger partial charge in [-0.15, -0.1) is 0 Å². The molecule has 24 heavy (non-hydrogen) atoms. The molecule has 0 radical (unpaired) electrons. The first-order valence-corrected chi connectivity index (χ1v) is 8.30. The zero-order valence-electron chi connectivity index (χ0n) is 13.3. The van der Waals surface area contributed by atoms with Gasteiger partial charge in [0.15, 0.2) is 0 Å². The van der Waals surface area contributed by atoms with Crippen LogP contribution < -0.4 is 5.56 Å². The lowest BCUT2D eigenvalue weighted by molar-refractivity contribution is 0.679. The number of fused-ring (bicyclic) bond motifs is 1. The van der Waals surface area contributed by atoms with Gasteiger partial charge in [-0.2, -0.15) is 9.47 Å². The second kappa shape index (κ2) is 5.68. The maximum absolute atomic E-state index is 12.7. The summed E-state index contributed by atoms with van der Waals surface area (Å²) < 4.78 is 8.39. The lowest BCUT2D eigenvalue weighted by Gasteiger charge is -2.03. The summed E-state index contributed by atoms with van der Waals surface area (Å²) in [5, 5.41) is 4.40. The number of hydrogen-bond acceptors (Lipinski definition) is 5. The Morgan fingerprint density at radius 3 is 2.71 bits per heavy atom. The standard InChI is InChI=1S/C17H15N5OS/c1-11-8-13(19-21(11)2)9-22-10-18-15-14(12-6-4-3-5-7-12)20-24-16(15)17(22)23/h3-8,10H,9H2,1-2H3. The maximum Gasteiger partial charge on any atom is 0.273 e. The molecule has 120 valence electrons. The van der Waals surface area contributed by atoms with E-state index in [9.17, 15) is 4.79 Å². The Kier molecular flexibility index (Phi) is 3.50.